The first-order chi connectivity index (χ1) is 13.9. The Labute approximate surface area is 169 Å². The summed E-state index contributed by atoms with van der Waals surface area (Å²) in [5, 5.41) is 1.59. The van der Waals surface area contributed by atoms with Crippen LogP contribution in [0.25, 0.3) is 21.9 Å². The van der Waals surface area contributed by atoms with Gasteiger partial charge in [0.05, 0.1) is 18.0 Å². The number of anilines is 3. The minimum Gasteiger partial charge on any atom is -0.493 e. The molecular weight excluding hydrogens is 372 g/mol. The van der Waals surface area contributed by atoms with Gasteiger partial charge in [0.1, 0.15) is 5.75 Å². The summed E-state index contributed by atoms with van der Waals surface area (Å²) in [6.07, 6.45) is -1.18. The van der Waals surface area contributed by atoms with E-state index in [1.807, 2.05) is 36.4 Å². The van der Waals surface area contributed by atoms with Gasteiger partial charge in [0, 0.05) is 36.8 Å². The Morgan fingerprint density at radius 3 is 2.21 bits per heavy atom. The summed E-state index contributed by atoms with van der Waals surface area (Å²) >= 11 is 0. The van der Waals surface area contributed by atoms with Crippen LogP contribution in [0.2, 0.25) is 0 Å². The Bertz CT molecular complexity index is 1050. The molecule has 1 aliphatic heterocycles. The highest BCUT2D eigenvalue weighted by Crippen LogP contribution is 2.50. The van der Waals surface area contributed by atoms with Crippen LogP contribution < -0.4 is 20.3 Å². The van der Waals surface area contributed by atoms with E-state index in [1.165, 1.54) is 14.1 Å². The molecule has 0 amide bonds. The van der Waals surface area contributed by atoms with Gasteiger partial charge in [-0.3, -0.25) is 9.80 Å². The molecule has 0 saturated heterocycles. The van der Waals surface area contributed by atoms with Crippen molar-refractivity contribution in [1.29, 1.82) is 0 Å². The molecule has 0 fully saturated rings. The molecule has 29 heavy (non-hydrogen) atoms. The number of ether oxygens (including phenoxy) is 1. The van der Waals surface area contributed by atoms with Crippen LogP contribution in [0.3, 0.4) is 0 Å². The number of fused-ring (bicyclic) bond motifs is 2. The first-order valence-corrected chi connectivity index (χ1v) is 9.80. The largest absolute Gasteiger partial charge is 0.493 e. The molecule has 0 bridgehead atoms. The Kier molecular flexibility index (Phi) is 4.73. The van der Waals surface area contributed by atoms with Crippen molar-refractivity contribution in [3.63, 3.8) is 0 Å². The van der Waals surface area contributed by atoms with Crippen molar-refractivity contribution in [2.75, 3.05) is 36.2 Å². The fourth-order valence-electron chi connectivity index (χ4n) is 3.86. The lowest BCUT2D eigenvalue weighted by Crippen LogP contribution is -2.46. The van der Waals surface area contributed by atoms with Crippen molar-refractivity contribution in [3.8, 4) is 16.9 Å². The predicted octanol–water partition coefficient (Wildman–Crippen LogP) is 5.70. The SMILES string of the molecule is CCCCOc1cc(N)c(-c2ccccc2)c2cc3c(cc12)N(C)C(F)(F)N3C. The van der Waals surface area contributed by atoms with Crippen LogP contribution in [-0.4, -0.2) is 26.9 Å². The van der Waals surface area contributed by atoms with E-state index in [1.54, 1.807) is 12.1 Å². The maximum absolute atomic E-state index is 14.6. The van der Waals surface area contributed by atoms with Crippen molar-refractivity contribution in [2.45, 2.75) is 25.9 Å². The van der Waals surface area contributed by atoms with E-state index < -0.39 is 6.17 Å². The molecule has 4 rings (SSSR count). The van der Waals surface area contributed by atoms with Gasteiger partial charge in [-0.15, -0.1) is 0 Å². The van der Waals surface area contributed by atoms with Crippen LogP contribution in [0.15, 0.2) is 48.5 Å². The van der Waals surface area contributed by atoms with Gasteiger partial charge in [0.15, 0.2) is 0 Å². The lowest BCUT2D eigenvalue weighted by Gasteiger charge is -2.26. The summed E-state index contributed by atoms with van der Waals surface area (Å²) in [4.78, 5) is 1.99. The molecule has 0 spiro atoms. The summed E-state index contributed by atoms with van der Waals surface area (Å²) in [7, 11) is 2.81. The number of hydrogen-bond donors (Lipinski definition) is 1. The van der Waals surface area contributed by atoms with Gasteiger partial charge in [0.25, 0.3) is 0 Å². The van der Waals surface area contributed by atoms with Crippen LogP contribution in [0.5, 0.6) is 5.75 Å². The second-order valence-electron chi connectivity index (χ2n) is 7.42. The van der Waals surface area contributed by atoms with E-state index in [0.29, 0.717) is 29.4 Å². The summed E-state index contributed by atoms with van der Waals surface area (Å²) in [6, 6.07) is 15.2. The van der Waals surface area contributed by atoms with E-state index in [-0.39, 0.29) is 0 Å². The lowest BCUT2D eigenvalue weighted by atomic mass is 9.94. The van der Waals surface area contributed by atoms with E-state index in [4.69, 9.17) is 10.5 Å². The molecule has 0 unspecified atom stereocenters. The summed E-state index contributed by atoms with van der Waals surface area (Å²) < 4.78 is 35.3. The number of unbranched alkanes of at least 4 members (excludes halogenated alkanes) is 1. The van der Waals surface area contributed by atoms with Crippen LogP contribution in [0.4, 0.5) is 25.8 Å². The number of nitrogens with two attached hydrogens (primary N) is 1. The van der Waals surface area contributed by atoms with Crippen LogP contribution in [0, 0.1) is 0 Å². The molecular formula is C23H25F2N3O. The van der Waals surface area contributed by atoms with Crippen LogP contribution in [-0.2, 0) is 0 Å². The summed E-state index contributed by atoms with van der Waals surface area (Å²) in [5.41, 5.74) is 9.70. The van der Waals surface area contributed by atoms with Gasteiger partial charge in [0.2, 0.25) is 0 Å². The van der Waals surface area contributed by atoms with Crippen LogP contribution in [0.1, 0.15) is 19.8 Å². The van der Waals surface area contributed by atoms with Gasteiger partial charge in [-0.1, -0.05) is 43.7 Å². The van der Waals surface area contributed by atoms with E-state index in [0.717, 1.165) is 44.5 Å². The molecule has 2 N–H and O–H groups in total. The first kappa shape index (κ1) is 19.3. The molecule has 1 aliphatic rings. The maximum Gasteiger partial charge on any atom is 0.413 e. The Hall–Kier alpha value is -3.02. The number of rotatable bonds is 5. The third-order valence-corrected chi connectivity index (χ3v) is 5.57. The second-order valence-corrected chi connectivity index (χ2v) is 7.42. The fraction of sp³-hybridized carbons (Fsp3) is 0.304. The van der Waals surface area contributed by atoms with Gasteiger partial charge in [-0.2, -0.15) is 8.78 Å². The maximum atomic E-state index is 14.6. The molecule has 0 saturated carbocycles. The monoisotopic (exact) mass is 397 g/mol. The van der Waals surface area contributed by atoms with Gasteiger partial charge in [-0.25, -0.2) is 0 Å². The molecule has 4 nitrogen and oxygen atoms in total. The van der Waals surface area contributed by atoms with Crippen LogP contribution >= 0.6 is 0 Å². The van der Waals surface area contributed by atoms with E-state index in [9.17, 15) is 8.78 Å². The Morgan fingerprint density at radius 2 is 1.59 bits per heavy atom. The fourth-order valence-corrected chi connectivity index (χ4v) is 3.86. The van der Waals surface area contributed by atoms with Crippen molar-refractivity contribution < 1.29 is 13.5 Å². The third kappa shape index (κ3) is 3.03. The molecule has 3 aromatic carbocycles. The number of alkyl halides is 2. The molecule has 3 aromatic rings. The molecule has 6 heteroatoms. The van der Waals surface area contributed by atoms with Gasteiger partial charge in [-0.05, 0) is 29.5 Å². The smallest absolute Gasteiger partial charge is 0.413 e. The molecule has 0 aromatic heterocycles. The van der Waals surface area contributed by atoms with E-state index in [2.05, 4.69) is 6.92 Å². The predicted molar refractivity (Wildman–Crippen MR) is 116 cm³/mol. The lowest BCUT2D eigenvalue weighted by molar-refractivity contribution is 0.0122. The highest BCUT2D eigenvalue weighted by Gasteiger charge is 2.48. The average molecular weight is 397 g/mol. The standard InChI is InChI=1S/C23H25F2N3O/c1-4-5-11-29-21-14-18(26)22(15-9-7-6-8-10-15)17-13-20-19(12-16(17)21)27(2)23(24,25)28(20)3/h6-10,12-14H,4-5,11,26H2,1-3H3. The number of hydrogen-bond acceptors (Lipinski definition) is 4. The molecule has 0 aliphatic carbocycles. The molecule has 0 radical (unpaired) electrons. The number of nitrogens with zero attached hydrogens (tertiary/aromatic N) is 2. The van der Waals surface area contributed by atoms with Crippen molar-refractivity contribution in [3.05, 3.63) is 48.5 Å². The molecule has 1 heterocycles. The number of nitrogen functional groups attached to an aromatic ring is 1. The minimum atomic E-state index is -3.10. The molecule has 152 valence electrons. The topological polar surface area (TPSA) is 41.7 Å². The van der Waals surface area contributed by atoms with Gasteiger partial charge >= 0.3 is 6.17 Å². The average Bonchev–Trinajstić information content (AvgIpc) is 2.88. The first-order valence-electron chi connectivity index (χ1n) is 9.80. The van der Waals surface area contributed by atoms with Crippen molar-refractivity contribution in [1.82, 2.24) is 0 Å². The second kappa shape index (κ2) is 7.10. The Morgan fingerprint density at radius 1 is 0.966 bits per heavy atom. The highest BCUT2D eigenvalue weighted by atomic mass is 19.3. The van der Waals surface area contributed by atoms with E-state index >= 15 is 0 Å². The third-order valence-electron chi connectivity index (χ3n) is 5.57. The molecule has 0 atom stereocenters. The zero-order chi connectivity index (χ0) is 20.8. The summed E-state index contributed by atoms with van der Waals surface area (Å²) in [6.45, 7) is 2.65. The highest BCUT2D eigenvalue weighted by molar-refractivity contribution is 6.09. The van der Waals surface area contributed by atoms with Crippen molar-refractivity contribution >= 4 is 27.8 Å². The van der Waals surface area contributed by atoms with Gasteiger partial charge < -0.3 is 10.5 Å². The number of benzene rings is 3. The summed E-state index contributed by atoms with van der Waals surface area (Å²) in [5.74, 6) is 0.625. The quantitative estimate of drug-likeness (QED) is 0.340. The number of halogens is 2. The van der Waals surface area contributed by atoms with Crippen molar-refractivity contribution in [2.24, 2.45) is 0 Å². The zero-order valence-corrected chi connectivity index (χ0v) is 16.9. The zero-order valence-electron chi connectivity index (χ0n) is 16.9. The minimum absolute atomic E-state index is 0.465. The normalized spacial score (nSPS) is 15.1. The Balaban J connectivity index is 2.00.